The molecule has 0 saturated heterocycles. The number of benzene rings is 1. The van der Waals surface area contributed by atoms with Crippen LogP contribution in [0.15, 0.2) is 18.2 Å². The van der Waals surface area contributed by atoms with Crippen molar-refractivity contribution in [3.05, 3.63) is 23.8 Å². The van der Waals surface area contributed by atoms with E-state index in [9.17, 15) is 0 Å². The lowest BCUT2D eigenvalue weighted by Crippen LogP contribution is -2.11. The largest absolute Gasteiger partial charge is 0.493 e. The molecule has 4 nitrogen and oxygen atoms in total. The molecule has 0 radical (unpaired) electrons. The fourth-order valence-electron chi connectivity index (χ4n) is 2.33. The lowest BCUT2D eigenvalue weighted by atomic mass is 10.1. The molecule has 1 aliphatic rings. The van der Waals surface area contributed by atoms with Gasteiger partial charge in [-0.3, -0.25) is 0 Å². The van der Waals surface area contributed by atoms with Gasteiger partial charge in [-0.2, -0.15) is 0 Å². The van der Waals surface area contributed by atoms with E-state index in [-0.39, 0.29) is 0 Å². The topological polar surface area (TPSA) is 53.7 Å². The zero-order chi connectivity index (χ0) is 12.8. The highest BCUT2D eigenvalue weighted by molar-refractivity contribution is 5.43. The van der Waals surface area contributed by atoms with Gasteiger partial charge in [0.15, 0.2) is 11.5 Å². The van der Waals surface area contributed by atoms with E-state index in [2.05, 4.69) is 4.84 Å². The predicted octanol–water partition coefficient (Wildman–Crippen LogP) is 2.45. The van der Waals surface area contributed by atoms with Crippen LogP contribution in [0, 0.1) is 0 Å². The van der Waals surface area contributed by atoms with Gasteiger partial charge in [0.05, 0.1) is 19.8 Å². The third-order valence-electron chi connectivity index (χ3n) is 3.33. The van der Waals surface area contributed by atoms with Gasteiger partial charge in [0, 0.05) is 0 Å². The maximum atomic E-state index is 5.98. The lowest BCUT2D eigenvalue weighted by molar-refractivity contribution is 0.141. The van der Waals surface area contributed by atoms with Crippen molar-refractivity contribution in [3.63, 3.8) is 0 Å². The highest BCUT2D eigenvalue weighted by Gasteiger charge is 2.18. The molecule has 0 atom stereocenters. The summed E-state index contributed by atoms with van der Waals surface area (Å²) >= 11 is 0. The number of methoxy groups -OCH3 is 1. The third-order valence-corrected chi connectivity index (χ3v) is 3.33. The fourth-order valence-corrected chi connectivity index (χ4v) is 2.33. The first kappa shape index (κ1) is 13.2. The minimum Gasteiger partial charge on any atom is -0.493 e. The van der Waals surface area contributed by atoms with E-state index in [4.69, 9.17) is 15.4 Å². The summed E-state index contributed by atoms with van der Waals surface area (Å²) < 4.78 is 11.4. The van der Waals surface area contributed by atoms with E-state index in [0.29, 0.717) is 12.7 Å². The second kappa shape index (κ2) is 6.61. The van der Waals surface area contributed by atoms with Gasteiger partial charge in [-0.15, -0.1) is 0 Å². The molecule has 18 heavy (non-hydrogen) atoms. The van der Waals surface area contributed by atoms with Crippen molar-refractivity contribution in [1.82, 2.24) is 0 Å². The minimum atomic E-state index is 0.345. The molecule has 1 fully saturated rings. The molecule has 0 unspecified atom stereocenters. The van der Waals surface area contributed by atoms with Gasteiger partial charge in [-0.05, 0) is 49.8 Å². The van der Waals surface area contributed by atoms with Gasteiger partial charge in [0.1, 0.15) is 0 Å². The van der Waals surface area contributed by atoms with E-state index in [1.165, 1.54) is 12.8 Å². The monoisotopic (exact) mass is 251 g/mol. The summed E-state index contributed by atoms with van der Waals surface area (Å²) in [6.45, 7) is 0.506. The average molecular weight is 251 g/mol. The van der Waals surface area contributed by atoms with Crippen LogP contribution in [-0.4, -0.2) is 19.8 Å². The molecule has 1 aromatic carbocycles. The Morgan fingerprint density at radius 3 is 2.67 bits per heavy atom. The smallest absolute Gasteiger partial charge is 0.161 e. The Hall–Kier alpha value is -1.26. The van der Waals surface area contributed by atoms with Gasteiger partial charge in [0.2, 0.25) is 0 Å². The number of hydrogen-bond acceptors (Lipinski definition) is 4. The van der Waals surface area contributed by atoms with E-state index in [0.717, 1.165) is 36.3 Å². The first-order valence-electron chi connectivity index (χ1n) is 6.48. The van der Waals surface area contributed by atoms with Gasteiger partial charge in [-0.1, -0.05) is 6.07 Å². The van der Waals surface area contributed by atoms with Crippen molar-refractivity contribution in [2.24, 2.45) is 5.90 Å². The Bertz CT molecular complexity index is 375. The molecule has 4 heteroatoms. The van der Waals surface area contributed by atoms with Gasteiger partial charge < -0.3 is 14.3 Å². The molecular formula is C14H21NO3. The molecule has 0 aliphatic heterocycles. The highest BCUT2D eigenvalue weighted by atomic mass is 16.6. The van der Waals surface area contributed by atoms with Crippen LogP contribution in [0.2, 0.25) is 0 Å². The molecular weight excluding hydrogens is 230 g/mol. The van der Waals surface area contributed by atoms with E-state index in [1.807, 2.05) is 18.2 Å². The van der Waals surface area contributed by atoms with Crippen LogP contribution in [0.5, 0.6) is 11.5 Å². The van der Waals surface area contributed by atoms with Crippen molar-refractivity contribution in [3.8, 4) is 11.5 Å². The van der Waals surface area contributed by atoms with Crippen LogP contribution in [0.4, 0.5) is 0 Å². The Kier molecular flexibility index (Phi) is 4.84. The van der Waals surface area contributed by atoms with E-state index < -0.39 is 0 Å². The second-order valence-corrected chi connectivity index (χ2v) is 4.63. The SMILES string of the molecule is COc1cc(CCON)ccc1OC1CCCC1. The highest BCUT2D eigenvalue weighted by Crippen LogP contribution is 2.32. The molecule has 2 rings (SSSR count). The van der Waals surface area contributed by atoms with Crippen molar-refractivity contribution in [1.29, 1.82) is 0 Å². The van der Waals surface area contributed by atoms with Crippen molar-refractivity contribution in [2.75, 3.05) is 13.7 Å². The first-order chi connectivity index (χ1) is 8.83. The molecule has 0 aromatic heterocycles. The normalized spacial score (nSPS) is 15.9. The minimum absolute atomic E-state index is 0.345. The van der Waals surface area contributed by atoms with Crippen molar-refractivity contribution in [2.45, 2.75) is 38.2 Å². The van der Waals surface area contributed by atoms with E-state index in [1.54, 1.807) is 7.11 Å². The zero-order valence-corrected chi connectivity index (χ0v) is 10.9. The summed E-state index contributed by atoms with van der Waals surface area (Å²) in [7, 11) is 1.67. The van der Waals surface area contributed by atoms with Gasteiger partial charge in [-0.25, -0.2) is 5.90 Å². The molecule has 0 spiro atoms. The summed E-state index contributed by atoms with van der Waals surface area (Å²) in [4.78, 5) is 4.59. The Morgan fingerprint density at radius 2 is 2.00 bits per heavy atom. The molecule has 0 amide bonds. The van der Waals surface area contributed by atoms with Crippen molar-refractivity contribution < 1.29 is 14.3 Å². The summed E-state index contributed by atoms with van der Waals surface area (Å²) in [5, 5.41) is 0. The number of ether oxygens (including phenoxy) is 2. The molecule has 0 bridgehead atoms. The Balaban J connectivity index is 2.04. The summed E-state index contributed by atoms with van der Waals surface area (Å²) in [5.41, 5.74) is 1.14. The Labute approximate surface area is 108 Å². The zero-order valence-electron chi connectivity index (χ0n) is 10.9. The molecule has 2 N–H and O–H groups in total. The maximum Gasteiger partial charge on any atom is 0.161 e. The van der Waals surface area contributed by atoms with Crippen molar-refractivity contribution >= 4 is 0 Å². The van der Waals surface area contributed by atoms with E-state index >= 15 is 0 Å². The van der Waals surface area contributed by atoms with Crippen LogP contribution < -0.4 is 15.4 Å². The molecule has 1 saturated carbocycles. The predicted molar refractivity (Wildman–Crippen MR) is 69.7 cm³/mol. The Morgan fingerprint density at radius 1 is 1.22 bits per heavy atom. The van der Waals surface area contributed by atoms with Crippen LogP contribution in [0.25, 0.3) is 0 Å². The van der Waals surface area contributed by atoms with Gasteiger partial charge in [0.25, 0.3) is 0 Å². The van der Waals surface area contributed by atoms with Crippen LogP contribution >= 0.6 is 0 Å². The quantitative estimate of drug-likeness (QED) is 0.789. The molecule has 1 aliphatic carbocycles. The molecule has 1 aromatic rings. The molecule has 100 valence electrons. The van der Waals surface area contributed by atoms with Crippen LogP contribution in [-0.2, 0) is 11.3 Å². The standard InChI is InChI=1S/C14H21NO3/c1-16-14-10-11(8-9-17-15)6-7-13(14)18-12-4-2-3-5-12/h6-7,10,12H,2-5,8-9,15H2,1H3. The maximum absolute atomic E-state index is 5.98. The molecule has 0 heterocycles. The number of rotatable bonds is 6. The van der Waals surface area contributed by atoms with Gasteiger partial charge >= 0.3 is 0 Å². The lowest BCUT2D eigenvalue weighted by Gasteiger charge is -2.16. The van der Waals surface area contributed by atoms with Crippen LogP contribution in [0.3, 0.4) is 0 Å². The summed E-state index contributed by atoms with van der Waals surface area (Å²) in [5.74, 6) is 6.65. The number of nitrogens with two attached hydrogens (primary N) is 1. The fraction of sp³-hybridized carbons (Fsp3) is 0.571. The van der Waals surface area contributed by atoms with Crippen LogP contribution in [0.1, 0.15) is 31.2 Å². The average Bonchev–Trinajstić information content (AvgIpc) is 2.90. The summed E-state index contributed by atoms with van der Waals surface area (Å²) in [6.07, 6.45) is 5.93. The first-order valence-corrected chi connectivity index (χ1v) is 6.48. The summed E-state index contributed by atoms with van der Waals surface area (Å²) in [6, 6.07) is 6.00. The third kappa shape index (κ3) is 3.37. The number of hydrogen-bond donors (Lipinski definition) is 1. The second-order valence-electron chi connectivity index (χ2n) is 4.63.